The van der Waals surface area contributed by atoms with Crippen LogP contribution in [-0.4, -0.2) is 28.0 Å². The smallest absolute Gasteiger partial charge is 0.165 e. The number of nitrogens with zero attached hydrogens (tertiary/aromatic N) is 3. The van der Waals surface area contributed by atoms with E-state index in [4.69, 9.17) is 16.6 Å². The second-order valence-electron chi connectivity index (χ2n) is 7.04. The Kier molecular flexibility index (Phi) is 3.58. The quantitative estimate of drug-likeness (QED) is 0.735. The van der Waals surface area contributed by atoms with Gasteiger partial charge < -0.3 is 10.6 Å². The number of hydrogen-bond acceptors (Lipinski definition) is 5. The molecule has 2 aromatic heterocycles. The Morgan fingerprint density at radius 2 is 2.15 bits per heavy atom. The van der Waals surface area contributed by atoms with Gasteiger partial charge in [-0.25, -0.2) is 19.3 Å². The molecule has 2 atom stereocenters. The molecule has 0 bridgehead atoms. The molecule has 1 aliphatic heterocycles. The second-order valence-corrected chi connectivity index (χ2v) is 7.44. The van der Waals surface area contributed by atoms with Crippen LogP contribution in [0.25, 0.3) is 11.0 Å². The standard InChI is InChI=1S/C19H17ClFN5/c20-12-2-1-3-13(16(12)21)25-18-17-14(23-10-24-18)4-5-15(26-17)19-8-11(19)6-7-22-9-19/h1-5,10-11,22H,6-9H2,(H,23,24,25). The molecule has 2 N–H and O–H groups in total. The molecule has 7 heteroatoms. The molecular weight excluding hydrogens is 353 g/mol. The number of piperidine rings is 1. The lowest BCUT2D eigenvalue weighted by Crippen LogP contribution is -2.34. The molecule has 132 valence electrons. The second kappa shape index (κ2) is 5.86. The van der Waals surface area contributed by atoms with Gasteiger partial charge in [0.15, 0.2) is 11.6 Å². The van der Waals surface area contributed by atoms with Gasteiger partial charge in [-0.1, -0.05) is 17.7 Å². The Morgan fingerprint density at radius 1 is 1.23 bits per heavy atom. The largest absolute Gasteiger partial charge is 0.336 e. The highest BCUT2D eigenvalue weighted by atomic mass is 35.5. The van der Waals surface area contributed by atoms with Gasteiger partial charge in [0.05, 0.1) is 16.2 Å². The molecule has 0 spiro atoms. The molecule has 2 unspecified atom stereocenters. The molecule has 2 fully saturated rings. The number of rotatable bonds is 3. The van der Waals surface area contributed by atoms with E-state index >= 15 is 0 Å². The average Bonchev–Trinajstić information content (AvgIpc) is 3.41. The van der Waals surface area contributed by atoms with Crippen LogP contribution in [-0.2, 0) is 5.41 Å². The number of nitrogens with one attached hydrogen (secondary N) is 2. The van der Waals surface area contributed by atoms with Crippen molar-refractivity contribution in [3.8, 4) is 0 Å². The van der Waals surface area contributed by atoms with Crippen molar-refractivity contribution in [1.82, 2.24) is 20.3 Å². The first kappa shape index (κ1) is 15.9. The highest BCUT2D eigenvalue weighted by Crippen LogP contribution is 2.56. The van der Waals surface area contributed by atoms with Gasteiger partial charge in [-0.15, -0.1) is 0 Å². The average molecular weight is 370 g/mol. The van der Waals surface area contributed by atoms with Gasteiger partial charge in [-0.2, -0.15) is 0 Å². The fourth-order valence-electron chi connectivity index (χ4n) is 4.00. The lowest BCUT2D eigenvalue weighted by Gasteiger charge is -2.23. The van der Waals surface area contributed by atoms with Crippen LogP contribution in [0.1, 0.15) is 18.5 Å². The summed E-state index contributed by atoms with van der Waals surface area (Å²) in [6, 6.07) is 8.86. The molecule has 26 heavy (non-hydrogen) atoms. The molecule has 0 radical (unpaired) electrons. The van der Waals surface area contributed by atoms with Crippen molar-refractivity contribution < 1.29 is 4.39 Å². The number of aromatic nitrogens is 3. The summed E-state index contributed by atoms with van der Waals surface area (Å²) in [5.41, 5.74) is 2.83. The monoisotopic (exact) mass is 369 g/mol. The van der Waals surface area contributed by atoms with E-state index in [2.05, 4.69) is 26.7 Å². The Balaban J connectivity index is 1.58. The zero-order valence-corrected chi connectivity index (χ0v) is 14.7. The summed E-state index contributed by atoms with van der Waals surface area (Å²) >= 11 is 5.88. The minimum absolute atomic E-state index is 0.0648. The first-order valence-electron chi connectivity index (χ1n) is 8.71. The maximum Gasteiger partial charge on any atom is 0.165 e. The fraction of sp³-hybridized carbons (Fsp3) is 0.316. The predicted octanol–water partition coefficient (Wildman–Crippen LogP) is 3.81. The molecule has 2 aliphatic rings. The summed E-state index contributed by atoms with van der Waals surface area (Å²) in [6.07, 6.45) is 3.80. The van der Waals surface area contributed by atoms with E-state index in [0.29, 0.717) is 17.3 Å². The summed E-state index contributed by atoms with van der Waals surface area (Å²) in [4.78, 5) is 13.5. The van der Waals surface area contributed by atoms with Gasteiger partial charge >= 0.3 is 0 Å². The summed E-state index contributed by atoms with van der Waals surface area (Å²) in [5.74, 6) is 0.671. The molecule has 1 saturated carbocycles. The summed E-state index contributed by atoms with van der Waals surface area (Å²) in [7, 11) is 0. The molecule has 3 heterocycles. The van der Waals surface area contributed by atoms with E-state index in [0.717, 1.165) is 30.7 Å². The van der Waals surface area contributed by atoms with Crippen molar-refractivity contribution in [1.29, 1.82) is 0 Å². The van der Waals surface area contributed by atoms with Crippen LogP contribution >= 0.6 is 11.6 Å². The third kappa shape index (κ3) is 2.44. The van der Waals surface area contributed by atoms with Crippen molar-refractivity contribution in [3.63, 3.8) is 0 Å². The highest BCUT2D eigenvalue weighted by molar-refractivity contribution is 6.31. The van der Waals surface area contributed by atoms with Crippen LogP contribution in [0.3, 0.4) is 0 Å². The zero-order valence-electron chi connectivity index (χ0n) is 14.0. The zero-order chi connectivity index (χ0) is 17.7. The van der Waals surface area contributed by atoms with E-state index in [1.807, 2.05) is 6.07 Å². The maximum atomic E-state index is 14.3. The van der Waals surface area contributed by atoms with Crippen LogP contribution in [0, 0.1) is 11.7 Å². The Bertz CT molecular complexity index is 1010. The predicted molar refractivity (Wildman–Crippen MR) is 99.3 cm³/mol. The number of fused-ring (bicyclic) bond motifs is 2. The molecule has 1 aliphatic carbocycles. The summed E-state index contributed by atoms with van der Waals surface area (Å²) in [6.45, 7) is 2.03. The van der Waals surface area contributed by atoms with Crippen molar-refractivity contribution in [2.75, 3.05) is 18.4 Å². The Labute approximate surface area is 155 Å². The van der Waals surface area contributed by atoms with Gasteiger partial charge in [0, 0.05) is 17.7 Å². The van der Waals surface area contributed by atoms with Crippen LogP contribution in [0.4, 0.5) is 15.9 Å². The van der Waals surface area contributed by atoms with Crippen molar-refractivity contribution in [2.45, 2.75) is 18.3 Å². The summed E-state index contributed by atoms with van der Waals surface area (Å²) in [5, 5.41) is 6.57. The van der Waals surface area contributed by atoms with E-state index < -0.39 is 5.82 Å². The summed E-state index contributed by atoms with van der Waals surface area (Å²) < 4.78 is 14.3. The number of pyridine rings is 1. The van der Waals surface area contributed by atoms with Gasteiger partial charge in [0.25, 0.3) is 0 Å². The van der Waals surface area contributed by atoms with Crippen LogP contribution < -0.4 is 10.6 Å². The Hall–Kier alpha value is -2.31. The third-order valence-electron chi connectivity index (χ3n) is 5.54. The Morgan fingerprint density at radius 3 is 3.04 bits per heavy atom. The minimum Gasteiger partial charge on any atom is -0.336 e. The molecular formula is C19H17ClFN5. The van der Waals surface area contributed by atoms with E-state index in [1.165, 1.54) is 18.8 Å². The van der Waals surface area contributed by atoms with E-state index in [1.54, 1.807) is 12.1 Å². The molecule has 5 nitrogen and oxygen atoms in total. The van der Waals surface area contributed by atoms with E-state index in [-0.39, 0.29) is 16.1 Å². The highest BCUT2D eigenvalue weighted by Gasteiger charge is 2.57. The van der Waals surface area contributed by atoms with Crippen LogP contribution in [0.5, 0.6) is 0 Å². The first-order chi connectivity index (χ1) is 12.7. The first-order valence-corrected chi connectivity index (χ1v) is 9.09. The molecule has 1 aromatic carbocycles. The SMILES string of the molecule is Fc1c(Cl)cccc1Nc1ncnc2ccc(C34CNCCC3C4)nc12. The van der Waals surface area contributed by atoms with Crippen LogP contribution in [0.15, 0.2) is 36.7 Å². The number of hydrogen-bond donors (Lipinski definition) is 2. The number of anilines is 2. The van der Waals surface area contributed by atoms with Crippen molar-refractivity contribution in [3.05, 3.63) is 53.2 Å². The fourth-order valence-corrected chi connectivity index (χ4v) is 4.18. The number of benzene rings is 1. The topological polar surface area (TPSA) is 62.7 Å². The maximum absolute atomic E-state index is 14.3. The molecule has 0 amide bonds. The van der Waals surface area contributed by atoms with Crippen molar-refractivity contribution in [2.24, 2.45) is 5.92 Å². The third-order valence-corrected chi connectivity index (χ3v) is 5.83. The van der Waals surface area contributed by atoms with Gasteiger partial charge in [-0.05, 0) is 49.6 Å². The van der Waals surface area contributed by atoms with Gasteiger partial charge in [0.1, 0.15) is 11.8 Å². The van der Waals surface area contributed by atoms with Gasteiger partial charge in [-0.3, -0.25) is 0 Å². The minimum atomic E-state index is -0.505. The molecule has 1 saturated heterocycles. The molecule has 3 aromatic rings. The normalized spacial score (nSPS) is 24.3. The van der Waals surface area contributed by atoms with Gasteiger partial charge in [0.2, 0.25) is 0 Å². The molecule has 5 rings (SSSR count). The van der Waals surface area contributed by atoms with E-state index in [9.17, 15) is 4.39 Å². The van der Waals surface area contributed by atoms with Crippen LogP contribution in [0.2, 0.25) is 5.02 Å². The lowest BCUT2D eigenvalue weighted by molar-refractivity contribution is 0.440. The number of halogens is 2. The lowest BCUT2D eigenvalue weighted by atomic mass is 9.94. The van der Waals surface area contributed by atoms with Crippen molar-refractivity contribution >= 4 is 34.1 Å².